The number of benzene rings is 2. The Morgan fingerprint density at radius 3 is 2.48 bits per heavy atom. The normalized spacial score (nSPS) is 17.8. The molecule has 2 aliphatic rings. The molecule has 0 atom stereocenters. The van der Waals surface area contributed by atoms with Crippen LogP contribution in [-0.4, -0.2) is 55.4 Å². The summed E-state index contributed by atoms with van der Waals surface area (Å²) in [5.41, 5.74) is 3.40. The van der Waals surface area contributed by atoms with E-state index in [4.69, 9.17) is 9.47 Å². The fraction of sp³-hybridized carbons (Fsp3) is 0.458. The molecular formula is C24H32N4O3. The lowest BCUT2D eigenvalue weighted by Crippen LogP contribution is -2.35. The standard InChI is InChI=1S/C24H32N4O3/c1-25-24(27-20-7-8-22-23(15-20)31-14-2-13-30-22)26-16-18-3-5-19(6-4-18)17-28-11-9-21(29)10-12-28/h3-8,15,21,29H,2,9-14,16-17H2,1H3,(H2,25,26,27). The lowest BCUT2D eigenvalue weighted by Gasteiger charge is -2.29. The van der Waals surface area contributed by atoms with E-state index in [9.17, 15) is 5.11 Å². The highest BCUT2D eigenvalue weighted by atomic mass is 16.5. The van der Waals surface area contributed by atoms with Gasteiger partial charge in [-0.1, -0.05) is 24.3 Å². The summed E-state index contributed by atoms with van der Waals surface area (Å²) in [6.07, 6.45) is 2.51. The number of nitrogens with zero attached hydrogens (tertiary/aromatic N) is 2. The third-order valence-electron chi connectivity index (χ3n) is 5.68. The third kappa shape index (κ3) is 6.12. The molecule has 7 nitrogen and oxygen atoms in total. The number of aliphatic hydroxyl groups excluding tert-OH is 1. The predicted octanol–water partition coefficient (Wildman–Crippen LogP) is 2.99. The molecule has 2 aromatic carbocycles. The van der Waals surface area contributed by atoms with E-state index in [1.165, 1.54) is 11.1 Å². The molecule has 0 radical (unpaired) electrons. The first kappa shape index (κ1) is 21.5. The Hall–Kier alpha value is -2.77. The fourth-order valence-corrected chi connectivity index (χ4v) is 3.84. The molecule has 2 aliphatic heterocycles. The number of piperidine rings is 1. The van der Waals surface area contributed by atoms with Gasteiger partial charge in [0.25, 0.3) is 0 Å². The van der Waals surface area contributed by atoms with Crippen LogP contribution in [0.5, 0.6) is 11.5 Å². The molecule has 0 spiro atoms. The minimum Gasteiger partial charge on any atom is -0.490 e. The van der Waals surface area contributed by atoms with Crippen molar-refractivity contribution in [2.75, 3.05) is 38.7 Å². The molecule has 31 heavy (non-hydrogen) atoms. The number of guanidine groups is 1. The van der Waals surface area contributed by atoms with Crippen LogP contribution in [0.1, 0.15) is 30.4 Å². The molecule has 2 aromatic rings. The Morgan fingerprint density at radius 1 is 1.03 bits per heavy atom. The van der Waals surface area contributed by atoms with Gasteiger partial charge in [-0.05, 0) is 36.1 Å². The summed E-state index contributed by atoms with van der Waals surface area (Å²) in [5, 5.41) is 16.3. The Balaban J connectivity index is 1.28. The van der Waals surface area contributed by atoms with Gasteiger partial charge in [-0.3, -0.25) is 9.89 Å². The monoisotopic (exact) mass is 424 g/mol. The predicted molar refractivity (Wildman–Crippen MR) is 123 cm³/mol. The summed E-state index contributed by atoms with van der Waals surface area (Å²) in [6, 6.07) is 14.5. The average molecular weight is 425 g/mol. The molecule has 0 aromatic heterocycles. The molecule has 7 heteroatoms. The van der Waals surface area contributed by atoms with Gasteiger partial charge in [0.05, 0.1) is 19.3 Å². The summed E-state index contributed by atoms with van der Waals surface area (Å²) < 4.78 is 11.5. The van der Waals surface area contributed by atoms with E-state index < -0.39 is 0 Å². The van der Waals surface area contributed by atoms with Gasteiger partial charge in [0.2, 0.25) is 0 Å². The van der Waals surface area contributed by atoms with E-state index in [1.807, 2.05) is 18.2 Å². The second-order valence-electron chi connectivity index (χ2n) is 8.09. The van der Waals surface area contributed by atoms with Gasteiger partial charge in [-0.2, -0.15) is 0 Å². The van der Waals surface area contributed by atoms with Gasteiger partial charge < -0.3 is 25.2 Å². The quantitative estimate of drug-likeness (QED) is 0.506. The number of aliphatic imine (C=N–C) groups is 1. The zero-order valence-corrected chi connectivity index (χ0v) is 18.1. The molecule has 0 bridgehead atoms. The van der Waals surface area contributed by atoms with Crippen LogP contribution in [-0.2, 0) is 13.1 Å². The van der Waals surface area contributed by atoms with E-state index in [2.05, 4.69) is 44.8 Å². The summed E-state index contributed by atoms with van der Waals surface area (Å²) in [4.78, 5) is 6.73. The summed E-state index contributed by atoms with van der Waals surface area (Å²) in [5.74, 6) is 2.24. The minimum absolute atomic E-state index is 0.126. The zero-order valence-electron chi connectivity index (χ0n) is 18.1. The molecule has 0 saturated carbocycles. The van der Waals surface area contributed by atoms with Gasteiger partial charge in [-0.25, -0.2) is 0 Å². The highest BCUT2D eigenvalue weighted by Gasteiger charge is 2.16. The van der Waals surface area contributed by atoms with Crippen LogP contribution >= 0.6 is 0 Å². The van der Waals surface area contributed by atoms with Crippen LogP contribution in [0.4, 0.5) is 5.69 Å². The molecule has 0 amide bonds. The summed E-state index contributed by atoms with van der Waals surface area (Å²) >= 11 is 0. The van der Waals surface area contributed by atoms with Crippen molar-refractivity contribution in [1.82, 2.24) is 10.2 Å². The average Bonchev–Trinajstić information content (AvgIpc) is 3.04. The Labute approximate surface area is 184 Å². The Bertz CT molecular complexity index is 877. The van der Waals surface area contributed by atoms with Gasteiger partial charge in [-0.15, -0.1) is 0 Å². The van der Waals surface area contributed by atoms with Gasteiger partial charge >= 0.3 is 0 Å². The lowest BCUT2D eigenvalue weighted by molar-refractivity contribution is 0.0792. The molecule has 1 fully saturated rings. The van der Waals surface area contributed by atoms with Crippen LogP contribution in [0.2, 0.25) is 0 Å². The van der Waals surface area contributed by atoms with Crippen molar-refractivity contribution in [3.8, 4) is 11.5 Å². The first-order valence-corrected chi connectivity index (χ1v) is 11.0. The van der Waals surface area contributed by atoms with Gasteiger partial charge in [0.15, 0.2) is 17.5 Å². The molecule has 166 valence electrons. The number of nitrogens with one attached hydrogen (secondary N) is 2. The minimum atomic E-state index is -0.126. The highest BCUT2D eigenvalue weighted by molar-refractivity contribution is 5.93. The summed E-state index contributed by atoms with van der Waals surface area (Å²) in [6.45, 7) is 4.90. The Morgan fingerprint density at radius 2 is 1.74 bits per heavy atom. The number of rotatable bonds is 5. The number of hydrogen-bond acceptors (Lipinski definition) is 5. The third-order valence-corrected chi connectivity index (χ3v) is 5.68. The van der Waals surface area contributed by atoms with Crippen molar-refractivity contribution >= 4 is 11.6 Å². The second-order valence-corrected chi connectivity index (χ2v) is 8.09. The van der Waals surface area contributed by atoms with E-state index in [1.54, 1.807) is 7.05 Å². The Kier molecular flexibility index (Phi) is 7.27. The smallest absolute Gasteiger partial charge is 0.195 e. The van der Waals surface area contributed by atoms with E-state index >= 15 is 0 Å². The summed E-state index contributed by atoms with van der Waals surface area (Å²) in [7, 11) is 1.76. The molecule has 4 rings (SSSR count). The zero-order chi connectivity index (χ0) is 21.5. The van der Waals surface area contributed by atoms with Crippen LogP contribution < -0.4 is 20.1 Å². The highest BCUT2D eigenvalue weighted by Crippen LogP contribution is 2.32. The molecule has 1 saturated heterocycles. The number of fused-ring (bicyclic) bond motifs is 1. The second kappa shape index (κ2) is 10.5. The van der Waals surface area contributed by atoms with E-state index in [0.29, 0.717) is 25.7 Å². The van der Waals surface area contributed by atoms with Crippen LogP contribution in [0, 0.1) is 0 Å². The molecular weight excluding hydrogens is 392 g/mol. The lowest BCUT2D eigenvalue weighted by atomic mass is 10.1. The number of aliphatic hydroxyl groups is 1. The maximum atomic E-state index is 9.65. The number of likely N-dealkylation sites (tertiary alicyclic amines) is 1. The van der Waals surface area contributed by atoms with Gasteiger partial charge in [0.1, 0.15) is 0 Å². The SMILES string of the molecule is CN=C(NCc1ccc(CN2CCC(O)CC2)cc1)Nc1ccc2c(c1)OCCCO2. The molecule has 0 unspecified atom stereocenters. The van der Waals surface area contributed by atoms with Crippen molar-refractivity contribution in [2.24, 2.45) is 4.99 Å². The van der Waals surface area contributed by atoms with Crippen molar-refractivity contribution in [3.63, 3.8) is 0 Å². The van der Waals surface area contributed by atoms with E-state index in [0.717, 1.165) is 56.1 Å². The van der Waals surface area contributed by atoms with Gasteiger partial charge in [0, 0.05) is 51.4 Å². The number of ether oxygens (including phenoxy) is 2. The maximum Gasteiger partial charge on any atom is 0.195 e. The van der Waals surface area contributed by atoms with Crippen LogP contribution in [0.3, 0.4) is 0 Å². The first-order valence-electron chi connectivity index (χ1n) is 11.0. The van der Waals surface area contributed by atoms with Crippen molar-refractivity contribution < 1.29 is 14.6 Å². The number of anilines is 1. The van der Waals surface area contributed by atoms with Crippen molar-refractivity contribution in [2.45, 2.75) is 38.5 Å². The van der Waals surface area contributed by atoms with Crippen molar-refractivity contribution in [1.29, 1.82) is 0 Å². The number of hydrogen-bond donors (Lipinski definition) is 3. The van der Waals surface area contributed by atoms with E-state index in [-0.39, 0.29) is 6.10 Å². The topological polar surface area (TPSA) is 78.4 Å². The molecule has 2 heterocycles. The van der Waals surface area contributed by atoms with Crippen LogP contribution in [0.25, 0.3) is 0 Å². The first-order chi connectivity index (χ1) is 15.2. The fourth-order valence-electron chi connectivity index (χ4n) is 3.84. The largest absolute Gasteiger partial charge is 0.490 e. The molecule has 3 N–H and O–H groups in total. The van der Waals surface area contributed by atoms with Crippen LogP contribution in [0.15, 0.2) is 47.5 Å². The van der Waals surface area contributed by atoms with Crippen molar-refractivity contribution in [3.05, 3.63) is 53.6 Å². The molecule has 0 aliphatic carbocycles. The maximum absolute atomic E-state index is 9.65.